The first kappa shape index (κ1) is 16.7. The van der Waals surface area contributed by atoms with Crippen LogP contribution in [0.25, 0.3) is 11.0 Å². The van der Waals surface area contributed by atoms with E-state index in [1.54, 1.807) is 4.90 Å². The second-order valence-corrected chi connectivity index (χ2v) is 7.15. The molecule has 1 aromatic heterocycles. The lowest BCUT2D eigenvalue weighted by Gasteiger charge is -2.35. The number of benzene rings is 1. The van der Waals surface area contributed by atoms with Gasteiger partial charge < -0.3 is 9.64 Å². The van der Waals surface area contributed by atoms with Gasteiger partial charge in [-0.25, -0.2) is 9.42 Å². The summed E-state index contributed by atoms with van der Waals surface area (Å²) < 4.78 is 10.1. The van der Waals surface area contributed by atoms with E-state index in [1.807, 2.05) is 32.9 Å². The van der Waals surface area contributed by atoms with E-state index < -0.39 is 5.60 Å². The van der Waals surface area contributed by atoms with E-state index in [2.05, 4.69) is 21.3 Å². The minimum atomic E-state index is -0.442. The highest BCUT2D eigenvalue weighted by molar-refractivity contribution is 5.73. The maximum absolute atomic E-state index is 12.1. The van der Waals surface area contributed by atoms with Crippen LogP contribution in [-0.4, -0.2) is 64.5 Å². The molecule has 0 radical (unpaired) electrons. The first-order valence-corrected chi connectivity index (χ1v) is 8.32. The molecule has 7 heteroatoms. The number of hydrogen-bond donors (Lipinski definition) is 0. The third-order valence-corrected chi connectivity index (χ3v) is 4.06. The predicted octanol–water partition coefficient (Wildman–Crippen LogP) is 2.32. The van der Waals surface area contributed by atoms with Gasteiger partial charge in [0, 0.05) is 32.7 Å². The lowest BCUT2D eigenvalue weighted by Crippen LogP contribution is -2.50. The third kappa shape index (κ3) is 4.23. The van der Waals surface area contributed by atoms with Crippen molar-refractivity contribution in [3.05, 3.63) is 23.8 Å². The van der Waals surface area contributed by atoms with Crippen molar-refractivity contribution in [2.75, 3.05) is 32.7 Å². The minimum absolute atomic E-state index is 0.217. The quantitative estimate of drug-likeness (QED) is 0.859. The van der Waals surface area contributed by atoms with Crippen LogP contribution in [0, 0.1) is 0 Å². The van der Waals surface area contributed by atoms with Gasteiger partial charge in [-0.3, -0.25) is 4.90 Å². The molecule has 2 heterocycles. The summed E-state index contributed by atoms with van der Waals surface area (Å²) in [5.74, 6) is 0. The fraction of sp³-hybridized carbons (Fsp3) is 0.588. The van der Waals surface area contributed by atoms with Gasteiger partial charge in [0.25, 0.3) is 0 Å². The van der Waals surface area contributed by atoms with Gasteiger partial charge in [0.15, 0.2) is 0 Å². The van der Waals surface area contributed by atoms with Gasteiger partial charge in [0.05, 0.1) is 0 Å². The SMILES string of the molecule is CC(C)(C)OC(=O)N1CCN(CCc2ccc3nonc3c2)CC1. The maximum atomic E-state index is 12.1. The smallest absolute Gasteiger partial charge is 0.410 e. The summed E-state index contributed by atoms with van der Waals surface area (Å²) >= 11 is 0. The number of rotatable bonds is 3. The molecular formula is C17H24N4O3. The summed E-state index contributed by atoms with van der Waals surface area (Å²) in [6.07, 6.45) is 0.723. The van der Waals surface area contributed by atoms with Crippen LogP contribution in [0.4, 0.5) is 4.79 Å². The van der Waals surface area contributed by atoms with E-state index in [9.17, 15) is 4.79 Å². The molecule has 0 unspecified atom stereocenters. The van der Waals surface area contributed by atoms with Crippen LogP contribution in [0.3, 0.4) is 0 Å². The van der Waals surface area contributed by atoms with Gasteiger partial charge in [0.2, 0.25) is 0 Å². The lowest BCUT2D eigenvalue weighted by atomic mass is 10.1. The van der Waals surface area contributed by atoms with Crippen molar-refractivity contribution >= 4 is 17.1 Å². The molecule has 0 saturated carbocycles. The molecule has 1 aromatic carbocycles. The molecule has 1 amide bonds. The predicted molar refractivity (Wildman–Crippen MR) is 89.8 cm³/mol. The van der Waals surface area contributed by atoms with E-state index in [1.165, 1.54) is 5.56 Å². The van der Waals surface area contributed by atoms with E-state index in [-0.39, 0.29) is 6.09 Å². The molecule has 0 spiro atoms. The van der Waals surface area contributed by atoms with E-state index in [0.717, 1.165) is 37.1 Å². The van der Waals surface area contributed by atoms with Crippen molar-refractivity contribution in [2.24, 2.45) is 0 Å². The molecule has 0 bridgehead atoms. The highest BCUT2D eigenvalue weighted by Crippen LogP contribution is 2.14. The lowest BCUT2D eigenvalue weighted by molar-refractivity contribution is 0.0146. The van der Waals surface area contributed by atoms with E-state index in [0.29, 0.717) is 13.1 Å². The zero-order chi connectivity index (χ0) is 17.2. The Balaban J connectivity index is 1.46. The van der Waals surface area contributed by atoms with Gasteiger partial charge in [-0.05, 0) is 55.2 Å². The Morgan fingerprint density at radius 3 is 2.58 bits per heavy atom. The molecule has 0 aliphatic carbocycles. The van der Waals surface area contributed by atoms with Crippen LogP contribution in [0.2, 0.25) is 0 Å². The van der Waals surface area contributed by atoms with Crippen LogP contribution < -0.4 is 0 Å². The average molecular weight is 332 g/mol. The highest BCUT2D eigenvalue weighted by Gasteiger charge is 2.25. The molecule has 7 nitrogen and oxygen atoms in total. The topological polar surface area (TPSA) is 71.7 Å². The highest BCUT2D eigenvalue weighted by atomic mass is 16.6. The Morgan fingerprint density at radius 1 is 1.17 bits per heavy atom. The van der Waals surface area contributed by atoms with Crippen molar-refractivity contribution in [1.29, 1.82) is 0 Å². The summed E-state index contributed by atoms with van der Waals surface area (Å²) in [6.45, 7) is 9.79. The molecule has 0 atom stereocenters. The molecule has 1 fully saturated rings. The fourth-order valence-corrected chi connectivity index (χ4v) is 2.75. The van der Waals surface area contributed by atoms with Crippen LogP contribution in [0.1, 0.15) is 26.3 Å². The first-order chi connectivity index (χ1) is 11.4. The summed E-state index contributed by atoms with van der Waals surface area (Å²) in [6, 6.07) is 6.01. The number of carbonyl (C=O) groups is 1. The molecule has 1 saturated heterocycles. The summed E-state index contributed by atoms with van der Waals surface area (Å²) in [5.41, 5.74) is 2.35. The molecule has 3 rings (SSSR count). The molecule has 2 aromatic rings. The van der Waals surface area contributed by atoms with Crippen LogP contribution in [0.5, 0.6) is 0 Å². The number of hydrogen-bond acceptors (Lipinski definition) is 6. The Labute approximate surface area is 141 Å². The number of fused-ring (bicyclic) bond motifs is 1. The van der Waals surface area contributed by atoms with E-state index in [4.69, 9.17) is 9.37 Å². The summed E-state index contributed by atoms with van der Waals surface area (Å²) in [4.78, 5) is 16.2. The molecule has 24 heavy (non-hydrogen) atoms. The number of amides is 1. The largest absolute Gasteiger partial charge is 0.444 e. The Bertz CT molecular complexity index is 699. The zero-order valence-corrected chi connectivity index (χ0v) is 14.5. The van der Waals surface area contributed by atoms with Crippen molar-refractivity contribution < 1.29 is 14.2 Å². The normalized spacial score (nSPS) is 16.5. The summed E-state index contributed by atoms with van der Waals surface area (Å²) in [7, 11) is 0. The number of nitrogens with zero attached hydrogens (tertiary/aromatic N) is 4. The second kappa shape index (κ2) is 6.76. The third-order valence-electron chi connectivity index (χ3n) is 4.06. The van der Waals surface area contributed by atoms with Crippen molar-refractivity contribution in [3.8, 4) is 0 Å². The Morgan fingerprint density at radius 2 is 1.88 bits per heavy atom. The van der Waals surface area contributed by atoms with Crippen molar-refractivity contribution in [1.82, 2.24) is 20.1 Å². The molecule has 0 N–H and O–H groups in total. The van der Waals surface area contributed by atoms with Gasteiger partial charge in [0.1, 0.15) is 16.6 Å². The summed E-state index contributed by atoms with van der Waals surface area (Å²) in [5, 5.41) is 7.69. The Kier molecular flexibility index (Phi) is 4.71. The number of piperazine rings is 1. The number of aromatic nitrogens is 2. The fourth-order valence-electron chi connectivity index (χ4n) is 2.75. The Hall–Kier alpha value is -2.15. The molecule has 1 aliphatic heterocycles. The first-order valence-electron chi connectivity index (χ1n) is 8.32. The van der Waals surface area contributed by atoms with Crippen molar-refractivity contribution in [2.45, 2.75) is 32.8 Å². The molecule has 1 aliphatic rings. The van der Waals surface area contributed by atoms with Gasteiger partial charge in [-0.1, -0.05) is 6.07 Å². The molecule has 130 valence electrons. The van der Waals surface area contributed by atoms with E-state index >= 15 is 0 Å². The monoisotopic (exact) mass is 332 g/mol. The number of carbonyl (C=O) groups excluding carboxylic acids is 1. The minimum Gasteiger partial charge on any atom is -0.444 e. The number of ether oxygens (including phenoxy) is 1. The van der Waals surface area contributed by atoms with Crippen LogP contribution >= 0.6 is 0 Å². The maximum Gasteiger partial charge on any atom is 0.410 e. The molecular weight excluding hydrogens is 308 g/mol. The van der Waals surface area contributed by atoms with Crippen LogP contribution in [0.15, 0.2) is 22.8 Å². The second-order valence-electron chi connectivity index (χ2n) is 7.15. The van der Waals surface area contributed by atoms with Gasteiger partial charge in [-0.15, -0.1) is 0 Å². The van der Waals surface area contributed by atoms with Gasteiger partial charge >= 0.3 is 6.09 Å². The van der Waals surface area contributed by atoms with Crippen LogP contribution in [-0.2, 0) is 11.2 Å². The standard InChI is InChI=1S/C17H24N4O3/c1-17(2,3)23-16(22)21-10-8-20(9-11-21)7-6-13-4-5-14-15(12-13)19-24-18-14/h4-5,12H,6-11H2,1-3H3. The zero-order valence-electron chi connectivity index (χ0n) is 14.5. The average Bonchev–Trinajstić information content (AvgIpc) is 2.99. The van der Waals surface area contributed by atoms with Gasteiger partial charge in [-0.2, -0.15) is 0 Å². The van der Waals surface area contributed by atoms with Crippen molar-refractivity contribution in [3.63, 3.8) is 0 Å².